The monoisotopic (exact) mass is 318 g/mol. The summed E-state index contributed by atoms with van der Waals surface area (Å²) in [6.07, 6.45) is 3.00. The molecule has 0 aliphatic rings. The number of aryl methyl sites for hydroxylation is 1. The first-order valence-corrected chi connectivity index (χ1v) is 4.57. The summed E-state index contributed by atoms with van der Waals surface area (Å²) in [6, 6.07) is 7.20. The van der Waals surface area contributed by atoms with Gasteiger partial charge in [0.15, 0.2) is 0 Å². The van der Waals surface area contributed by atoms with Gasteiger partial charge in [-0.25, -0.2) is 4.79 Å². The van der Waals surface area contributed by atoms with Gasteiger partial charge < -0.3 is 7.96 Å². The van der Waals surface area contributed by atoms with Crippen LogP contribution in [0.2, 0.25) is 0 Å². The summed E-state index contributed by atoms with van der Waals surface area (Å²) in [5.41, 5.74) is 1.38. The Bertz CT molecular complexity index is 306. The minimum atomic E-state index is -0.827. The molecule has 0 heterocycles. The zero-order valence-corrected chi connectivity index (χ0v) is 12.9. The number of carbonyl (C=O) groups is 1. The van der Waals surface area contributed by atoms with Crippen LogP contribution in [0.15, 0.2) is 24.3 Å². The Hall–Kier alpha value is 0.261. The number of aromatic carboxylic acids is 1. The van der Waals surface area contributed by atoms with E-state index in [1.54, 1.807) is 12.1 Å². The van der Waals surface area contributed by atoms with E-state index in [1.807, 2.05) is 12.1 Å². The van der Waals surface area contributed by atoms with Crippen LogP contribution in [0.5, 0.6) is 0 Å². The quantitative estimate of drug-likeness (QED) is 0.867. The average Bonchev–Trinajstić information content (AvgIpc) is 2.15. The predicted molar refractivity (Wildman–Crippen MR) is 60.0 cm³/mol. The number of hydrogen-bond donors (Lipinski definition) is 1. The van der Waals surface area contributed by atoms with Gasteiger partial charge in [-0.3, -0.25) is 0 Å². The maximum absolute atomic E-state index is 10.8. The van der Waals surface area contributed by atoms with E-state index in [-0.39, 0.29) is 51.7 Å². The minimum Gasteiger partial charge on any atom is -1.00 e. The zero-order valence-electron chi connectivity index (χ0n) is 10.5. The molecule has 0 radical (unpaired) electrons. The third kappa shape index (κ3) is 4.19. The Morgan fingerprint density at radius 2 is 2.07 bits per heavy atom. The van der Waals surface area contributed by atoms with Crippen molar-refractivity contribution in [2.24, 2.45) is 0 Å². The molecule has 0 fully saturated rings. The molecule has 1 rings (SSSR count). The molecule has 0 atom stereocenters. The zero-order chi connectivity index (χ0) is 9.68. The summed E-state index contributed by atoms with van der Waals surface area (Å²) in [6.45, 7) is 2.10. The van der Waals surface area contributed by atoms with Gasteiger partial charge in [-0.1, -0.05) is 31.5 Å². The van der Waals surface area contributed by atoms with E-state index in [1.165, 1.54) is 0 Å². The molecule has 1 N–H and O–H groups in total. The Morgan fingerprint density at radius 1 is 1.43 bits per heavy atom. The average molecular weight is 318 g/mol. The van der Waals surface area contributed by atoms with Crippen molar-refractivity contribution >= 4 is 54.9 Å². The van der Waals surface area contributed by atoms with Crippen LogP contribution in [0.25, 0.3) is 0 Å². The van der Waals surface area contributed by atoms with Crippen molar-refractivity contribution in [3.05, 3.63) is 35.4 Å². The van der Waals surface area contributed by atoms with Gasteiger partial charge in [0.1, 0.15) is 0 Å². The van der Waals surface area contributed by atoms with Crippen molar-refractivity contribution in [1.29, 1.82) is 0 Å². The van der Waals surface area contributed by atoms with Gasteiger partial charge in [-0.05, 0) is 24.5 Å². The van der Waals surface area contributed by atoms with Gasteiger partial charge in [0.2, 0.25) is 0 Å². The van der Waals surface area contributed by atoms with Crippen LogP contribution < -0.4 is 0 Å². The van der Waals surface area contributed by atoms with Crippen molar-refractivity contribution in [3.8, 4) is 0 Å². The second-order valence-electron chi connectivity index (χ2n) is 3.07. The molecule has 2 nitrogen and oxygen atoms in total. The molecule has 0 spiro atoms. The molecular weight excluding hydrogens is 301 g/mol. The van der Waals surface area contributed by atoms with Gasteiger partial charge in [0, 0.05) is 0 Å². The summed E-state index contributed by atoms with van der Waals surface area (Å²) >= 11 is 0. The second kappa shape index (κ2) is 7.54. The normalized spacial score (nSPS) is 9.21. The summed E-state index contributed by atoms with van der Waals surface area (Å²) in [5.74, 6) is -0.827. The van der Waals surface area contributed by atoms with Crippen LogP contribution in [0, 0.1) is 0 Å². The largest absolute Gasteiger partial charge is 2.00 e. The van der Waals surface area contributed by atoms with Gasteiger partial charge in [-0.2, -0.15) is 0 Å². The number of benzene rings is 1. The minimum absolute atomic E-state index is 0. The predicted octanol–water partition coefficient (Wildman–Crippen LogP) is 2.57. The molecule has 14 heavy (non-hydrogen) atoms. The number of carboxylic acids is 1. The standard InChI is InChI=1S/C11H14O2.Ba.2H/c1-2-3-6-9-7-4-5-8-10(9)11(12)13;;;/h4-5,7-8H,2-3,6H2,1H3,(H,12,13);;;/q;+2;2*-1. The summed E-state index contributed by atoms with van der Waals surface area (Å²) in [7, 11) is 0. The smallest absolute Gasteiger partial charge is 1.00 e. The summed E-state index contributed by atoms with van der Waals surface area (Å²) < 4.78 is 0. The molecule has 0 bridgehead atoms. The number of carboxylic acid groups (broad SMARTS) is 1. The van der Waals surface area contributed by atoms with Crippen LogP contribution >= 0.6 is 0 Å². The van der Waals surface area contributed by atoms with Gasteiger partial charge in [0.25, 0.3) is 0 Å². The molecule has 0 saturated carbocycles. The van der Waals surface area contributed by atoms with Crippen molar-refractivity contribution in [3.63, 3.8) is 0 Å². The molecule has 0 saturated heterocycles. The topological polar surface area (TPSA) is 37.3 Å². The molecule has 0 amide bonds. The summed E-state index contributed by atoms with van der Waals surface area (Å²) in [4.78, 5) is 10.8. The number of unbranched alkanes of at least 4 members (excludes halogenated alkanes) is 1. The first-order valence-electron chi connectivity index (χ1n) is 4.57. The maximum atomic E-state index is 10.8. The van der Waals surface area contributed by atoms with E-state index in [9.17, 15) is 4.79 Å². The SMILES string of the molecule is CCCCc1ccccc1C(=O)O.[Ba+2].[H-].[H-]. The van der Waals surface area contributed by atoms with Crippen molar-refractivity contribution in [2.45, 2.75) is 26.2 Å². The molecule has 74 valence electrons. The van der Waals surface area contributed by atoms with E-state index >= 15 is 0 Å². The summed E-state index contributed by atoms with van der Waals surface area (Å²) in [5, 5.41) is 8.86. The van der Waals surface area contributed by atoms with E-state index in [2.05, 4.69) is 6.92 Å². The molecule has 0 unspecified atom stereocenters. The van der Waals surface area contributed by atoms with E-state index in [4.69, 9.17) is 5.11 Å². The van der Waals surface area contributed by atoms with Crippen LogP contribution in [-0.2, 0) is 6.42 Å². The molecule has 1 aromatic carbocycles. The number of rotatable bonds is 4. The van der Waals surface area contributed by atoms with E-state index < -0.39 is 5.97 Å². The Morgan fingerprint density at radius 3 is 2.64 bits per heavy atom. The first-order chi connectivity index (χ1) is 6.25. The van der Waals surface area contributed by atoms with E-state index in [0.29, 0.717) is 5.56 Å². The van der Waals surface area contributed by atoms with E-state index in [0.717, 1.165) is 24.8 Å². The maximum Gasteiger partial charge on any atom is 2.00 e. The molecule has 1 aromatic rings. The van der Waals surface area contributed by atoms with Gasteiger partial charge in [0.05, 0.1) is 5.56 Å². The molecule has 0 aliphatic carbocycles. The second-order valence-corrected chi connectivity index (χ2v) is 3.07. The fraction of sp³-hybridized carbons (Fsp3) is 0.364. The molecule has 3 heteroatoms. The molecular formula is C11H16BaO2. The fourth-order valence-electron chi connectivity index (χ4n) is 1.31. The van der Waals surface area contributed by atoms with Crippen LogP contribution in [0.4, 0.5) is 0 Å². The van der Waals surface area contributed by atoms with Gasteiger partial charge in [-0.15, -0.1) is 0 Å². The molecule has 0 aromatic heterocycles. The third-order valence-electron chi connectivity index (χ3n) is 2.05. The van der Waals surface area contributed by atoms with Crippen molar-refractivity contribution in [2.75, 3.05) is 0 Å². The first kappa shape index (κ1) is 14.3. The fourth-order valence-corrected chi connectivity index (χ4v) is 1.31. The third-order valence-corrected chi connectivity index (χ3v) is 2.05. The van der Waals surface area contributed by atoms with Crippen LogP contribution in [0.1, 0.15) is 38.5 Å². The Balaban J connectivity index is -0.000000563. The van der Waals surface area contributed by atoms with Gasteiger partial charge >= 0.3 is 54.9 Å². The molecule has 0 aliphatic heterocycles. The van der Waals surface area contributed by atoms with Crippen molar-refractivity contribution < 1.29 is 12.8 Å². The van der Waals surface area contributed by atoms with Crippen molar-refractivity contribution in [1.82, 2.24) is 0 Å². The Kier molecular flexibility index (Phi) is 7.68. The Labute approximate surface area is 128 Å². The van der Waals surface area contributed by atoms with Crippen LogP contribution in [0.3, 0.4) is 0 Å². The number of hydrogen-bond acceptors (Lipinski definition) is 1. The van der Waals surface area contributed by atoms with Crippen LogP contribution in [-0.4, -0.2) is 60.0 Å².